The van der Waals surface area contributed by atoms with Gasteiger partial charge in [0, 0.05) is 11.8 Å². The topological polar surface area (TPSA) is 113 Å². The maximum Gasteiger partial charge on any atom is 0.433 e. The lowest BCUT2D eigenvalue weighted by molar-refractivity contribution is -0.142. The number of hydrogen-bond donors (Lipinski definition) is 1. The first-order chi connectivity index (χ1) is 19.2. The van der Waals surface area contributed by atoms with Crippen LogP contribution in [0.5, 0.6) is 5.75 Å². The molecule has 0 aliphatic heterocycles. The Balaban J connectivity index is 1.44. The quantitative estimate of drug-likeness (QED) is 0.292. The predicted molar refractivity (Wildman–Crippen MR) is 137 cm³/mol. The number of rotatable bonds is 7. The summed E-state index contributed by atoms with van der Waals surface area (Å²) in [5, 5.41) is 10.6. The molecule has 5 rings (SSSR count). The molecule has 3 heterocycles. The Morgan fingerprint density at radius 3 is 2.42 bits per heavy atom. The highest BCUT2D eigenvalue weighted by molar-refractivity contribution is 6.08. The minimum atomic E-state index is -4.76. The molecule has 0 atom stereocenters. The highest BCUT2D eigenvalue weighted by Crippen LogP contribution is 2.33. The van der Waals surface area contributed by atoms with Crippen molar-refractivity contribution in [2.75, 3.05) is 19.5 Å². The van der Waals surface area contributed by atoms with Gasteiger partial charge >= 0.3 is 12.1 Å². The van der Waals surface area contributed by atoms with Crippen molar-refractivity contribution in [3.63, 3.8) is 0 Å². The van der Waals surface area contributed by atoms with E-state index in [0.717, 1.165) is 12.3 Å². The predicted octanol–water partition coefficient (Wildman–Crippen LogP) is 4.71. The average Bonchev–Trinajstić information content (AvgIpc) is 3.58. The van der Waals surface area contributed by atoms with E-state index in [-0.39, 0.29) is 29.1 Å². The van der Waals surface area contributed by atoms with Gasteiger partial charge in [-0.2, -0.15) is 23.4 Å². The highest BCUT2D eigenvalue weighted by atomic mass is 19.4. The molecule has 13 heteroatoms. The zero-order chi connectivity index (χ0) is 28.4. The van der Waals surface area contributed by atoms with Crippen LogP contribution in [0.3, 0.4) is 0 Å². The van der Waals surface area contributed by atoms with Gasteiger partial charge in [0.2, 0.25) is 0 Å². The molecule has 0 spiro atoms. The number of nitrogens with one attached hydrogen (secondary N) is 1. The fourth-order valence-electron chi connectivity index (χ4n) is 4.09. The van der Waals surface area contributed by atoms with Crippen LogP contribution in [0.2, 0.25) is 0 Å². The lowest BCUT2D eigenvalue weighted by Crippen LogP contribution is -2.15. The van der Waals surface area contributed by atoms with E-state index in [0.29, 0.717) is 27.0 Å². The Labute approximate surface area is 225 Å². The smallest absolute Gasteiger partial charge is 0.433 e. The van der Waals surface area contributed by atoms with Crippen LogP contribution in [0.1, 0.15) is 32.0 Å². The maximum atomic E-state index is 13.9. The van der Waals surface area contributed by atoms with Crippen molar-refractivity contribution in [3.05, 3.63) is 95.6 Å². The molecular weight excluding hydrogens is 529 g/mol. The molecule has 0 bridgehead atoms. The first-order valence-electron chi connectivity index (χ1n) is 11.8. The lowest BCUT2D eigenvalue weighted by atomic mass is 10.1. The summed E-state index contributed by atoms with van der Waals surface area (Å²) in [6, 6.07) is 14.1. The van der Waals surface area contributed by atoms with Crippen molar-refractivity contribution < 1.29 is 32.2 Å². The van der Waals surface area contributed by atoms with Crippen LogP contribution in [-0.2, 0) is 17.5 Å². The SMILES string of the molecule is COC(=O)c1ccccc1Cn1cc(NC(=O)c2cnn3c(C(F)(F)F)cc(-c4ccc(OC)cc4)nc23)cn1. The van der Waals surface area contributed by atoms with Crippen LogP contribution in [0, 0.1) is 0 Å². The lowest BCUT2D eigenvalue weighted by Gasteiger charge is -2.12. The molecule has 0 saturated carbocycles. The minimum Gasteiger partial charge on any atom is -0.497 e. The summed E-state index contributed by atoms with van der Waals surface area (Å²) < 4.78 is 53.8. The molecule has 0 fully saturated rings. The van der Waals surface area contributed by atoms with Crippen LogP contribution in [0.4, 0.5) is 18.9 Å². The van der Waals surface area contributed by atoms with Crippen LogP contribution < -0.4 is 10.1 Å². The number of nitrogens with zero attached hydrogens (tertiary/aromatic N) is 5. The Kier molecular flexibility index (Phi) is 6.94. The van der Waals surface area contributed by atoms with E-state index in [2.05, 4.69) is 20.5 Å². The molecule has 1 N–H and O–H groups in total. The van der Waals surface area contributed by atoms with Gasteiger partial charge in [0.05, 0.1) is 50.1 Å². The average molecular weight is 550 g/mol. The van der Waals surface area contributed by atoms with Crippen LogP contribution in [0.15, 0.2) is 73.2 Å². The summed E-state index contributed by atoms with van der Waals surface area (Å²) in [4.78, 5) is 29.5. The number of amides is 1. The van der Waals surface area contributed by atoms with Gasteiger partial charge in [-0.15, -0.1) is 0 Å². The van der Waals surface area contributed by atoms with Gasteiger partial charge in [-0.1, -0.05) is 18.2 Å². The molecule has 0 radical (unpaired) electrons. The summed E-state index contributed by atoms with van der Waals surface area (Å²) in [7, 11) is 2.76. The number of carbonyl (C=O) groups excluding carboxylic acids is 2. The monoisotopic (exact) mass is 550 g/mol. The van der Waals surface area contributed by atoms with Gasteiger partial charge in [0.15, 0.2) is 11.3 Å². The number of methoxy groups -OCH3 is 2. The Morgan fingerprint density at radius 1 is 0.975 bits per heavy atom. The number of halogens is 3. The maximum absolute atomic E-state index is 13.9. The number of alkyl halides is 3. The van der Waals surface area contributed by atoms with Gasteiger partial charge in [0.25, 0.3) is 5.91 Å². The number of esters is 1. The van der Waals surface area contributed by atoms with Crippen LogP contribution >= 0.6 is 0 Å². The molecule has 3 aromatic heterocycles. The van der Waals surface area contributed by atoms with Crippen molar-refractivity contribution in [1.82, 2.24) is 24.4 Å². The first kappa shape index (κ1) is 26.4. The van der Waals surface area contributed by atoms with E-state index in [1.807, 2.05) is 0 Å². The molecule has 2 aromatic carbocycles. The van der Waals surface area contributed by atoms with Gasteiger partial charge in [-0.3, -0.25) is 9.48 Å². The van der Waals surface area contributed by atoms with E-state index in [1.54, 1.807) is 48.5 Å². The molecule has 5 aromatic rings. The third-order valence-electron chi connectivity index (χ3n) is 6.04. The fraction of sp³-hybridized carbons (Fsp3) is 0.148. The molecule has 10 nitrogen and oxygen atoms in total. The fourth-order valence-corrected chi connectivity index (χ4v) is 4.09. The molecule has 0 unspecified atom stereocenters. The molecule has 0 aliphatic carbocycles. The number of fused-ring (bicyclic) bond motifs is 1. The third kappa shape index (κ3) is 5.21. The second-order valence-electron chi connectivity index (χ2n) is 8.58. The zero-order valence-electron chi connectivity index (χ0n) is 21.1. The summed E-state index contributed by atoms with van der Waals surface area (Å²) >= 11 is 0. The van der Waals surface area contributed by atoms with Crippen molar-refractivity contribution in [2.45, 2.75) is 12.7 Å². The molecule has 204 valence electrons. The van der Waals surface area contributed by atoms with Crippen molar-refractivity contribution in [2.24, 2.45) is 0 Å². The summed E-state index contributed by atoms with van der Waals surface area (Å²) in [6.45, 7) is 0.208. The number of ether oxygens (including phenoxy) is 2. The number of anilines is 1. The number of benzene rings is 2. The van der Waals surface area contributed by atoms with E-state index < -0.39 is 23.7 Å². The minimum absolute atomic E-state index is 0.00844. The van der Waals surface area contributed by atoms with Crippen molar-refractivity contribution in [1.29, 1.82) is 0 Å². The number of carbonyl (C=O) groups is 2. The van der Waals surface area contributed by atoms with Crippen molar-refractivity contribution in [3.8, 4) is 17.0 Å². The number of aromatic nitrogens is 5. The van der Waals surface area contributed by atoms with Crippen molar-refractivity contribution >= 4 is 23.2 Å². The Morgan fingerprint density at radius 2 is 1.73 bits per heavy atom. The molecule has 0 saturated heterocycles. The Bertz CT molecular complexity index is 1710. The summed E-state index contributed by atoms with van der Waals surface area (Å²) in [5.74, 6) is -0.694. The van der Waals surface area contributed by atoms with Gasteiger partial charge < -0.3 is 14.8 Å². The second kappa shape index (κ2) is 10.5. The highest BCUT2D eigenvalue weighted by Gasteiger charge is 2.36. The van der Waals surface area contributed by atoms with E-state index in [9.17, 15) is 22.8 Å². The van der Waals surface area contributed by atoms with Crippen LogP contribution in [0.25, 0.3) is 16.9 Å². The standard InChI is InChI=1S/C27H21F3N6O4/c1-39-19-9-7-16(8-10-19)22-11-23(27(28,29)30)36-24(34-22)21(13-32-36)25(37)33-18-12-31-35(15-18)14-17-5-3-4-6-20(17)26(38)40-2/h3-13,15H,14H2,1-2H3,(H,33,37). The zero-order valence-corrected chi connectivity index (χ0v) is 21.1. The molecule has 1 amide bonds. The number of hydrogen-bond acceptors (Lipinski definition) is 7. The van der Waals surface area contributed by atoms with E-state index in [4.69, 9.17) is 9.47 Å². The molecular formula is C27H21F3N6O4. The molecule has 40 heavy (non-hydrogen) atoms. The summed E-state index contributed by atoms with van der Waals surface area (Å²) in [5.41, 5.74) is 0.192. The second-order valence-corrected chi connectivity index (χ2v) is 8.58. The van der Waals surface area contributed by atoms with E-state index in [1.165, 1.54) is 31.3 Å². The van der Waals surface area contributed by atoms with Gasteiger partial charge in [0.1, 0.15) is 11.3 Å². The third-order valence-corrected chi connectivity index (χ3v) is 6.04. The first-order valence-corrected chi connectivity index (χ1v) is 11.8. The summed E-state index contributed by atoms with van der Waals surface area (Å²) in [6.07, 6.45) is -0.831. The van der Waals surface area contributed by atoms with Gasteiger partial charge in [-0.05, 0) is 42.0 Å². The van der Waals surface area contributed by atoms with E-state index >= 15 is 0 Å². The normalized spacial score (nSPS) is 11.4. The molecule has 0 aliphatic rings. The van der Waals surface area contributed by atoms with Crippen LogP contribution in [-0.4, -0.2) is 50.5 Å². The Hall–Kier alpha value is -5.20. The largest absolute Gasteiger partial charge is 0.497 e. The van der Waals surface area contributed by atoms with Gasteiger partial charge in [-0.25, -0.2) is 14.3 Å².